The molecule has 1 aliphatic carbocycles. The molecule has 1 spiro atoms. The van der Waals surface area contributed by atoms with Gasteiger partial charge in [-0.25, -0.2) is 9.37 Å². The summed E-state index contributed by atoms with van der Waals surface area (Å²) in [4.78, 5) is 32.0. The maximum atomic E-state index is 13.4. The van der Waals surface area contributed by atoms with Crippen LogP contribution in [0, 0.1) is 18.2 Å². The second-order valence-corrected chi connectivity index (χ2v) is 7.90. The van der Waals surface area contributed by atoms with E-state index in [0.717, 1.165) is 31.4 Å². The van der Waals surface area contributed by atoms with E-state index in [1.54, 1.807) is 11.0 Å². The molecule has 5 nitrogen and oxygen atoms in total. The number of aromatic nitrogens is 1. The van der Waals surface area contributed by atoms with Gasteiger partial charge in [-0.15, -0.1) is 0 Å². The highest BCUT2D eigenvalue weighted by Gasteiger charge is 2.50. The number of rotatable bonds is 3. The highest BCUT2D eigenvalue weighted by Crippen LogP contribution is 2.45. The number of anilines is 1. The molecule has 1 saturated carbocycles. The van der Waals surface area contributed by atoms with Crippen LogP contribution < -0.4 is 10.2 Å². The summed E-state index contributed by atoms with van der Waals surface area (Å²) in [6.07, 6.45) is 3.94. The van der Waals surface area contributed by atoms with Gasteiger partial charge < -0.3 is 5.32 Å². The van der Waals surface area contributed by atoms with Gasteiger partial charge in [-0.05, 0) is 62.9 Å². The first-order chi connectivity index (χ1) is 13.5. The Hall–Kier alpha value is -2.76. The van der Waals surface area contributed by atoms with Crippen LogP contribution in [0.25, 0.3) is 0 Å². The van der Waals surface area contributed by atoms with Crippen molar-refractivity contribution >= 4 is 17.6 Å². The quantitative estimate of drug-likeness (QED) is 0.883. The van der Waals surface area contributed by atoms with E-state index in [1.807, 2.05) is 25.1 Å². The molecule has 2 atom stereocenters. The minimum absolute atomic E-state index is 0.0844. The summed E-state index contributed by atoms with van der Waals surface area (Å²) in [5, 5.41) is 3.01. The summed E-state index contributed by atoms with van der Waals surface area (Å²) in [5.74, 6) is 0.0901. The Morgan fingerprint density at radius 2 is 2.07 bits per heavy atom. The van der Waals surface area contributed by atoms with E-state index < -0.39 is 11.2 Å². The molecule has 0 radical (unpaired) electrons. The Morgan fingerprint density at radius 1 is 1.25 bits per heavy atom. The highest BCUT2D eigenvalue weighted by molar-refractivity contribution is 5.99. The summed E-state index contributed by atoms with van der Waals surface area (Å²) in [7, 11) is 0. The van der Waals surface area contributed by atoms with Gasteiger partial charge in [-0.2, -0.15) is 0 Å². The van der Waals surface area contributed by atoms with Gasteiger partial charge in [0, 0.05) is 23.8 Å². The predicted molar refractivity (Wildman–Crippen MR) is 104 cm³/mol. The molecule has 4 rings (SSSR count). The van der Waals surface area contributed by atoms with Crippen molar-refractivity contribution in [3.05, 3.63) is 59.5 Å². The number of hydrogen-bond acceptors (Lipinski definition) is 3. The first kappa shape index (κ1) is 18.6. The Bertz CT molecular complexity index is 916. The monoisotopic (exact) mass is 381 g/mol. The van der Waals surface area contributed by atoms with Crippen molar-refractivity contribution in [2.75, 3.05) is 11.4 Å². The molecule has 6 heteroatoms. The van der Waals surface area contributed by atoms with Gasteiger partial charge in [0.05, 0.1) is 5.41 Å². The molecular weight excluding hydrogens is 357 g/mol. The Kier molecular flexibility index (Phi) is 4.87. The Morgan fingerprint density at radius 3 is 2.86 bits per heavy atom. The third kappa shape index (κ3) is 3.51. The van der Waals surface area contributed by atoms with Crippen LogP contribution in [0.5, 0.6) is 0 Å². The zero-order chi connectivity index (χ0) is 19.7. The van der Waals surface area contributed by atoms with Crippen molar-refractivity contribution in [3.63, 3.8) is 0 Å². The summed E-state index contributed by atoms with van der Waals surface area (Å²) >= 11 is 0. The van der Waals surface area contributed by atoms with E-state index in [0.29, 0.717) is 24.3 Å². The zero-order valence-corrected chi connectivity index (χ0v) is 16.0. The van der Waals surface area contributed by atoms with E-state index >= 15 is 0 Å². The first-order valence-electron chi connectivity index (χ1n) is 9.79. The fourth-order valence-corrected chi connectivity index (χ4v) is 4.52. The van der Waals surface area contributed by atoms with Crippen molar-refractivity contribution in [2.45, 2.75) is 45.1 Å². The molecule has 28 heavy (non-hydrogen) atoms. The van der Waals surface area contributed by atoms with Crippen LogP contribution in [0.4, 0.5) is 10.2 Å². The number of nitrogens with one attached hydrogen (secondary N) is 1. The van der Waals surface area contributed by atoms with Crippen molar-refractivity contribution in [1.82, 2.24) is 10.3 Å². The molecule has 1 aliphatic heterocycles. The van der Waals surface area contributed by atoms with Crippen LogP contribution >= 0.6 is 0 Å². The molecule has 2 heterocycles. The second-order valence-electron chi connectivity index (χ2n) is 7.90. The number of pyridine rings is 1. The number of benzene rings is 1. The van der Waals surface area contributed by atoms with E-state index in [1.165, 1.54) is 18.2 Å². The zero-order valence-electron chi connectivity index (χ0n) is 16.0. The van der Waals surface area contributed by atoms with Crippen molar-refractivity contribution in [1.29, 1.82) is 0 Å². The largest absolute Gasteiger partial charge is 0.349 e. The maximum Gasteiger partial charge on any atom is 0.251 e. The lowest BCUT2D eigenvalue weighted by Crippen LogP contribution is -2.46. The molecule has 2 amide bonds. The maximum absolute atomic E-state index is 13.4. The molecule has 1 aromatic heterocycles. The van der Waals surface area contributed by atoms with Crippen molar-refractivity contribution < 1.29 is 14.0 Å². The van der Waals surface area contributed by atoms with Crippen molar-refractivity contribution in [3.8, 4) is 0 Å². The molecule has 146 valence electrons. The van der Waals surface area contributed by atoms with Crippen LogP contribution in [0.1, 0.15) is 48.2 Å². The van der Waals surface area contributed by atoms with Gasteiger partial charge in [0.15, 0.2) is 0 Å². The second kappa shape index (κ2) is 7.34. The molecule has 0 bridgehead atoms. The number of hydrogen-bond donors (Lipinski definition) is 1. The van der Waals surface area contributed by atoms with Gasteiger partial charge in [-0.1, -0.05) is 18.6 Å². The molecule has 2 unspecified atom stereocenters. The van der Waals surface area contributed by atoms with Crippen LogP contribution in [0.2, 0.25) is 0 Å². The smallest absolute Gasteiger partial charge is 0.251 e. The summed E-state index contributed by atoms with van der Waals surface area (Å²) in [6.45, 7) is 2.57. The van der Waals surface area contributed by atoms with Gasteiger partial charge in [-0.3, -0.25) is 14.5 Å². The number of halogens is 1. The van der Waals surface area contributed by atoms with Gasteiger partial charge in [0.1, 0.15) is 11.6 Å². The van der Waals surface area contributed by atoms with Gasteiger partial charge in [0.2, 0.25) is 5.91 Å². The van der Waals surface area contributed by atoms with Gasteiger partial charge in [0.25, 0.3) is 5.91 Å². The summed E-state index contributed by atoms with van der Waals surface area (Å²) in [5.41, 5.74) is 0.752. The third-order valence-electron chi connectivity index (χ3n) is 5.93. The fraction of sp³-hybridized carbons (Fsp3) is 0.409. The predicted octanol–water partition coefficient (Wildman–Crippen LogP) is 3.62. The minimum atomic E-state index is -0.441. The summed E-state index contributed by atoms with van der Waals surface area (Å²) < 4.78 is 13.4. The normalized spacial score (nSPS) is 24.6. The average molecular weight is 381 g/mol. The molecule has 2 aromatic rings. The first-order valence-corrected chi connectivity index (χ1v) is 9.79. The number of amides is 2. The van der Waals surface area contributed by atoms with Crippen LogP contribution in [0.15, 0.2) is 42.5 Å². The Balaban J connectivity index is 1.47. The lowest BCUT2D eigenvalue weighted by atomic mass is 9.71. The van der Waals surface area contributed by atoms with E-state index in [-0.39, 0.29) is 17.9 Å². The third-order valence-corrected chi connectivity index (χ3v) is 5.93. The number of nitrogens with zero attached hydrogens (tertiary/aromatic N) is 2. The van der Waals surface area contributed by atoms with Crippen LogP contribution in [0.3, 0.4) is 0 Å². The highest BCUT2D eigenvalue weighted by atomic mass is 19.1. The summed E-state index contributed by atoms with van der Waals surface area (Å²) in [6, 6.07) is 11.3. The van der Waals surface area contributed by atoms with E-state index in [9.17, 15) is 14.0 Å². The van der Waals surface area contributed by atoms with Crippen LogP contribution in [-0.4, -0.2) is 29.4 Å². The molecule has 2 aliphatic rings. The number of aryl methyl sites for hydroxylation is 1. The Labute approximate surface area is 164 Å². The average Bonchev–Trinajstić information content (AvgIpc) is 2.97. The molecular formula is C22H24FN3O2. The standard InChI is InChI=1S/C22H24FN3O2/c1-15-5-2-9-19(24-15)26-12-11-22(21(26)28)10-4-8-18(14-22)25-20(27)16-6-3-7-17(23)13-16/h2-3,5-7,9,13,18H,4,8,10-12,14H2,1H3,(H,25,27). The number of carbonyl (C=O) groups excluding carboxylic acids is 2. The number of carbonyl (C=O) groups is 2. The molecule has 1 aromatic carbocycles. The topological polar surface area (TPSA) is 62.3 Å². The molecule has 1 N–H and O–H groups in total. The van der Waals surface area contributed by atoms with Crippen molar-refractivity contribution in [2.24, 2.45) is 5.41 Å². The van der Waals surface area contributed by atoms with Gasteiger partial charge >= 0.3 is 0 Å². The molecule has 2 fully saturated rings. The fourth-order valence-electron chi connectivity index (χ4n) is 4.52. The SMILES string of the molecule is Cc1cccc(N2CCC3(CCCC(NC(=O)c4cccc(F)c4)C3)C2=O)n1. The molecule has 1 saturated heterocycles. The van der Waals surface area contributed by atoms with E-state index in [2.05, 4.69) is 10.3 Å². The van der Waals surface area contributed by atoms with E-state index in [4.69, 9.17) is 0 Å². The lowest BCUT2D eigenvalue weighted by molar-refractivity contribution is -0.127. The van der Waals surface area contributed by atoms with Crippen LogP contribution in [-0.2, 0) is 4.79 Å². The lowest BCUT2D eigenvalue weighted by Gasteiger charge is -2.36. The minimum Gasteiger partial charge on any atom is -0.349 e.